The average Bonchev–Trinajstić information content (AvgIpc) is 2.88. The number of hydrogen-bond acceptors (Lipinski definition) is 3. The lowest BCUT2D eigenvalue weighted by molar-refractivity contribution is -0.136. The largest absolute Gasteiger partial charge is 0.480 e. The molecule has 1 rings (SSSR count). The van der Waals surface area contributed by atoms with Crippen LogP contribution in [-0.4, -0.2) is 33.1 Å². The first-order valence-corrected chi connectivity index (χ1v) is 6.21. The molecule has 0 aromatic carbocycles. The topological polar surface area (TPSA) is 63.6 Å². The first-order chi connectivity index (χ1) is 6.65. The number of hydrogen-bond donors (Lipinski definition) is 1. The number of rotatable bonds is 7. The molecule has 0 bridgehead atoms. The molecule has 0 amide bonds. The van der Waals surface area contributed by atoms with Crippen LogP contribution >= 0.6 is 0 Å². The Labute approximate surface area is 86.1 Å². The minimum absolute atomic E-state index is 0.0569. The Bertz CT molecular complexity index is 225. The van der Waals surface area contributed by atoms with Crippen LogP contribution in [0.25, 0.3) is 0 Å². The van der Waals surface area contributed by atoms with Gasteiger partial charge in [0, 0.05) is 0 Å². The maximum Gasteiger partial charge on any atom is 0.319 e. The second-order valence-electron chi connectivity index (χ2n) is 3.55. The van der Waals surface area contributed by atoms with E-state index >= 15 is 0 Å². The molecule has 1 aliphatic carbocycles. The quantitative estimate of drug-likeness (QED) is 0.694. The second-order valence-corrected chi connectivity index (χ2v) is 5.11. The van der Waals surface area contributed by atoms with Gasteiger partial charge >= 0.3 is 5.97 Å². The molecule has 5 heteroatoms. The summed E-state index contributed by atoms with van der Waals surface area (Å²) in [6.07, 6.45) is 2.75. The van der Waals surface area contributed by atoms with E-state index in [2.05, 4.69) is 0 Å². The van der Waals surface area contributed by atoms with Crippen LogP contribution in [-0.2, 0) is 20.3 Å². The fourth-order valence-electron chi connectivity index (χ4n) is 1.14. The van der Waals surface area contributed by atoms with E-state index in [9.17, 15) is 9.00 Å². The summed E-state index contributed by atoms with van der Waals surface area (Å²) in [5, 5.41) is 7.93. The predicted octanol–water partition coefficient (Wildman–Crippen LogP) is 0.982. The molecule has 1 aliphatic rings. The van der Waals surface area contributed by atoms with Crippen molar-refractivity contribution in [3.63, 3.8) is 0 Å². The van der Waals surface area contributed by atoms with Gasteiger partial charge in [0.1, 0.15) is 11.2 Å². The molecule has 0 radical (unpaired) electrons. The molecular formula is C9H16O4S. The lowest BCUT2D eigenvalue weighted by Gasteiger charge is -2.09. The van der Waals surface area contributed by atoms with Crippen molar-refractivity contribution >= 4 is 16.8 Å². The molecule has 1 N–H and O–H groups in total. The SMILES string of the molecule is CCC(C(=O)O)S(=O)COCC1CC1. The van der Waals surface area contributed by atoms with Gasteiger partial charge in [0.15, 0.2) is 0 Å². The summed E-state index contributed by atoms with van der Waals surface area (Å²) in [7, 11) is -1.40. The van der Waals surface area contributed by atoms with E-state index in [1.54, 1.807) is 6.92 Å². The number of carbonyl (C=O) groups is 1. The molecule has 82 valence electrons. The minimum Gasteiger partial charge on any atom is -0.480 e. The Kier molecular flexibility index (Phi) is 4.54. The summed E-state index contributed by atoms with van der Waals surface area (Å²) in [5.41, 5.74) is 0. The molecule has 2 unspecified atom stereocenters. The Morgan fingerprint density at radius 1 is 1.64 bits per heavy atom. The smallest absolute Gasteiger partial charge is 0.319 e. The van der Waals surface area contributed by atoms with E-state index in [1.807, 2.05) is 0 Å². The van der Waals surface area contributed by atoms with Crippen molar-refractivity contribution in [3.05, 3.63) is 0 Å². The Morgan fingerprint density at radius 2 is 2.29 bits per heavy atom. The van der Waals surface area contributed by atoms with Crippen LogP contribution < -0.4 is 0 Å². The molecule has 0 spiro atoms. The molecular weight excluding hydrogens is 204 g/mol. The molecule has 0 aliphatic heterocycles. The van der Waals surface area contributed by atoms with Gasteiger partial charge in [0.05, 0.1) is 17.4 Å². The van der Waals surface area contributed by atoms with Crippen molar-refractivity contribution in [2.75, 3.05) is 12.5 Å². The van der Waals surface area contributed by atoms with Crippen LogP contribution in [0.15, 0.2) is 0 Å². The van der Waals surface area contributed by atoms with Crippen LogP contribution in [0.5, 0.6) is 0 Å². The third-order valence-electron chi connectivity index (χ3n) is 2.21. The van der Waals surface area contributed by atoms with Crippen LogP contribution in [0.1, 0.15) is 26.2 Å². The summed E-state index contributed by atoms with van der Waals surface area (Å²) >= 11 is 0. The first kappa shape index (κ1) is 11.7. The van der Waals surface area contributed by atoms with Gasteiger partial charge in [0.25, 0.3) is 0 Å². The van der Waals surface area contributed by atoms with Crippen molar-refractivity contribution in [2.45, 2.75) is 31.4 Å². The van der Waals surface area contributed by atoms with Crippen LogP contribution in [0.3, 0.4) is 0 Å². The summed E-state index contributed by atoms with van der Waals surface area (Å²) in [6.45, 7) is 2.35. The third-order valence-corrected chi connectivity index (χ3v) is 3.78. The van der Waals surface area contributed by atoms with Crippen LogP contribution in [0.4, 0.5) is 0 Å². The van der Waals surface area contributed by atoms with E-state index in [4.69, 9.17) is 9.84 Å². The van der Waals surface area contributed by atoms with Crippen molar-refractivity contribution in [1.82, 2.24) is 0 Å². The van der Waals surface area contributed by atoms with Gasteiger partial charge in [-0.05, 0) is 25.2 Å². The summed E-state index contributed by atoms with van der Waals surface area (Å²) in [5.74, 6) is -0.320. The normalized spacial score (nSPS) is 20.4. The Hall–Kier alpha value is -0.420. The van der Waals surface area contributed by atoms with Gasteiger partial charge in [-0.15, -0.1) is 0 Å². The highest BCUT2D eigenvalue weighted by molar-refractivity contribution is 7.86. The standard InChI is InChI=1S/C9H16O4S/c1-2-8(9(10)11)14(12)6-13-5-7-3-4-7/h7-8H,2-6H2,1H3,(H,10,11). The summed E-state index contributed by atoms with van der Waals surface area (Å²) < 4.78 is 16.6. The molecule has 14 heavy (non-hydrogen) atoms. The van der Waals surface area contributed by atoms with Gasteiger partial charge in [-0.3, -0.25) is 9.00 Å². The monoisotopic (exact) mass is 220 g/mol. The molecule has 1 saturated carbocycles. The first-order valence-electron chi connectivity index (χ1n) is 4.82. The minimum atomic E-state index is -1.40. The summed E-state index contributed by atoms with van der Waals surface area (Å²) in [6, 6.07) is 0. The number of aliphatic carboxylic acids is 1. The number of carboxylic acids is 1. The maximum absolute atomic E-state index is 11.4. The average molecular weight is 220 g/mol. The third kappa shape index (κ3) is 3.75. The van der Waals surface area contributed by atoms with E-state index in [0.717, 1.165) is 0 Å². The highest BCUT2D eigenvalue weighted by Crippen LogP contribution is 2.28. The highest BCUT2D eigenvalue weighted by atomic mass is 32.2. The van der Waals surface area contributed by atoms with Gasteiger partial charge in [-0.25, -0.2) is 0 Å². The van der Waals surface area contributed by atoms with Crippen LogP contribution in [0.2, 0.25) is 0 Å². The molecule has 4 nitrogen and oxygen atoms in total. The Morgan fingerprint density at radius 3 is 2.71 bits per heavy atom. The van der Waals surface area contributed by atoms with E-state index < -0.39 is 22.0 Å². The number of ether oxygens (including phenoxy) is 1. The zero-order valence-corrected chi connectivity index (χ0v) is 9.09. The van der Waals surface area contributed by atoms with Crippen molar-refractivity contribution in [2.24, 2.45) is 5.92 Å². The lowest BCUT2D eigenvalue weighted by Crippen LogP contribution is -2.27. The van der Waals surface area contributed by atoms with E-state index in [0.29, 0.717) is 18.9 Å². The predicted molar refractivity (Wildman–Crippen MR) is 53.4 cm³/mol. The molecule has 0 aromatic rings. The molecule has 0 saturated heterocycles. The highest BCUT2D eigenvalue weighted by Gasteiger charge is 2.25. The molecule has 2 atom stereocenters. The van der Waals surface area contributed by atoms with Crippen molar-refractivity contribution in [3.8, 4) is 0 Å². The molecule has 1 fully saturated rings. The zero-order chi connectivity index (χ0) is 10.6. The van der Waals surface area contributed by atoms with Gasteiger partial charge in [-0.2, -0.15) is 0 Å². The maximum atomic E-state index is 11.4. The fourth-order valence-corrected chi connectivity index (χ4v) is 2.16. The van der Waals surface area contributed by atoms with Crippen LogP contribution in [0, 0.1) is 5.92 Å². The van der Waals surface area contributed by atoms with E-state index in [-0.39, 0.29) is 5.94 Å². The second kappa shape index (κ2) is 5.46. The Balaban J connectivity index is 2.20. The zero-order valence-electron chi connectivity index (χ0n) is 8.27. The lowest BCUT2D eigenvalue weighted by atomic mass is 10.3. The molecule has 0 aromatic heterocycles. The molecule has 0 heterocycles. The van der Waals surface area contributed by atoms with Gasteiger partial charge in [-0.1, -0.05) is 6.92 Å². The fraction of sp³-hybridized carbons (Fsp3) is 0.889. The number of carboxylic acid groups (broad SMARTS) is 1. The van der Waals surface area contributed by atoms with E-state index in [1.165, 1.54) is 12.8 Å². The van der Waals surface area contributed by atoms with Gasteiger partial charge in [0.2, 0.25) is 0 Å². The van der Waals surface area contributed by atoms with Crippen molar-refractivity contribution < 1.29 is 18.8 Å². The van der Waals surface area contributed by atoms with Crippen molar-refractivity contribution in [1.29, 1.82) is 0 Å². The summed E-state index contributed by atoms with van der Waals surface area (Å²) in [4.78, 5) is 10.6. The van der Waals surface area contributed by atoms with Gasteiger partial charge < -0.3 is 9.84 Å².